The van der Waals surface area contributed by atoms with E-state index >= 15 is 0 Å². The standard InChI is InChI=1S/C22H34ClNO3/c1-19(2,23)17(25)14-11-15-9-12-16(13-10-15)24-18(26)20(3,4)27-22(7,8)21(24,5)6/h9-10,12-13,17,25H,11,14H2,1-8H3/t17-/m1/s1. The second-order valence-corrected chi connectivity index (χ2v) is 10.6. The number of amides is 1. The molecule has 0 aromatic heterocycles. The molecule has 1 fully saturated rings. The van der Waals surface area contributed by atoms with Gasteiger partial charge in [0.15, 0.2) is 0 Å². The van der Waals surface area contributed by atoms with Crippen molar-refractivity contribution < 1.29 is 14.6 Å². The van der Waals surface area contributed by atoms with E-state index in [2.05, 4.69) is 0 Å². The van der Waals surface area contributed by atoms with E-state index in [9.17, 15) is 9.90 Å². The smallest absolute Gasteiger partial charge is 0.259 e. The fraction of sp³-hybridized carbons (Fsp3) is 0.682. The number of benzene rings is 1. The summed E-state index contributed by atoms with van der Waals surface area (Å²) in [5.41, 5.74) is 0.0828. The number of carbonyl (C=O) groups excluding carboxylic acids is 1. The Morgan fingerprint density at radius 3 is 2.11 bits per heavy atom. The molecule has 0 aliphatic carbocycles. The molecular weight excluding hydrogens is 362 g/mol. The first-order valence-corrected chi connectivity index (χ1v) is 9.98. The van der Waals surface area contributed by atoms with Gasteiger partial charge in [-0.05, 0) is 85.9 Å². The summed E-state index contributed by atoms with van der Waals surface area (Å²) in [6.07, 6.45) is 0.757. The third-order valence-corrected chi connectivity index (χ3v) is 6.21. The fourth-order valence-corrected chi connectivity index (χ4v) is 3.61. The summed E-state index contributed by atoms with van der Waals surface area (Å²) in [6.45, 7) is 15.4. The van der Waals surface area contributed by atoms with E-state index in [1.54, 1.807) is 0 Å². The first kappa shape index (κ1) is 22.2. The number of nitrogens with zero attached hydrogens (tertiary/aromatic N) is 1. The van der Waals surface area contributed by atoms with Crippen LogP contribution in [0.25, 0.3) is 0 Å². The lowest BCUT2D eigenvalue weighted by Crippen LogP contribution is -2.72. The van der Waals surface area contributed by atoms with E-state index in [0.29, 0.717) is 6.42 Å². The number of hydrogen-bond acceptors (Lipinski definition) is 3. The van der Waals surface area contributed by atoms with Gasteiger partial charge in [-0.3, -0.25) is 4.79 Å². The lowest BCUT2D eigenvalue weighted by molar-refractivity contribution is -0.191. The van der Waals surface area contributed by atoms with Crippen molar-refractivity contribution in [3.63, 3.8) is 0 Å². The molecule has 5 heteroatoms. The van der Waals surface area contributed by atoms with Gasteiger partial charge < -0.3 is 14.7 Å². The first-order chi connectivity index (χ1) is 12.1. The molecular formula is C22H34ClNO3. The third kappa shape index (κ3) is 4.33. The van der Waals surface area contributed by atoms with Gasteiger partial charge >= 0.3 is 0 Å². The molecule has 27 heavy (non-hydrogen) atoms. The van der Waals surface area contributed by atoms with Crippen molar-refractivity contribution in [2.24, 2.45) is 0 Å². The summed E-state index contributed by atoms with van der Waals surface area (Å²) in [7, 11) is 0. The number of aliphatic hydroxyl groups excluding tert-OH is 1. The van der Waals surface area contributed by atoms with Gasteiger partial charge in [0.2, 0.25) is 0 Å². The van der Waals surface area contributed by atoms with Crippen molar-refractivity contribution in [2.45, 2.75) is 96.0 Å². The Morgan fingerprint density at radius 1 is 1.11 bits per heavy atom. The van der Waals surface area contributed by atoms with Crippen LogP contribution >= 0.6 is 11.6 Å². The van der Waals surface area contributed by atoms with E-state index in [1.807, 2.05) is 84.6 Å². The monoisotopic (exact) mass is 395 g/mol. The maximum atomic E-state index is 13.1. The molecule has 1 N–H and O–H groups in total. The van der Waals surface area contributed by atoms with E-state index in [0.717, 1.165) is 17.7 Å². The minimum atomic E-state index is -0.881. The highest BCUT2D eigenvalue weighted by molar-refractivity contribution is 6.23. The molecule has 0 spiro atoms. The van der Waals surface area contributed by atoms with Crippen LogP contribution in [0.4, 0.5) is 5.69 Å². The highest BCUT2D eigenvalue weighted by atomic mass is 35.5. The van der Waals surface area contributed by atoms with Crippen LogP contribution in [0.15, 0.2) is 24.3 Å². The molecule has 0 radical (unpaired) electrons. The molecule has 1 aromatic carbocycles. The van der Waals surface area contributed by atoms with Crippen LogP contribution in [-0.2, 0) is 16.0 Å². The maximum absolute atomic E-state index is 13.1. The normalized spacial score (nSPS) is 22.6. The maximum Gasteiger partial charge on any atom is 0.259 e. The number of hydrogen-bond donors (Lipinski definition) is 1. The minimum Gasteiger partial charge on any atom is -0.391 e. The van der Waals surface area contributed by atoms with Gasteiger partial charge in [0.05, 0.1) is 22.1 Å². The number of carbonyl (C=O) groups is 1. The summed E-state index contributed by atoms with van der Waals surface area (Å²) in [6, 6.07) is 7.99. The molecule has 152 valence electrons. The topological polar surface area (TPSA) is 49.8 Å². The predicted molar refractivity (Wildman–Crippen MR) is 112 cm³/mol. The summed E-state index contributed by atoms with van der Waals surface area (Å²) < 4.78 is 6.13. The Bertz CT molecular complexity index is 687. The zero-order valence-electron chi connectivity index (χ0n) is 17.9. The highest BCUT2D eigenvalue weighted by Gasteiger charge is 2.56. The van der Waals surface area contributed by atoms with Gasteiger partial charge in [-0.2, -0.15) is 0 Å². The van der Waals surface area contributed by atoms with E-state index < -0.39 is 27.7 Å². The number of ether oxygens (including phenoxy) is 1. The Hall–Kier alpha value is -1.10. The van der Waals surface area contributed by atoms with Crippen LogP contribution in [0.2, 0.25) is 0 Å². The van der Waals surface area contributed by atoms with Crippen LogP contribution in [0.5, 0.6) is 0 Å². The Kier molecular flexibility index (Phi) is 5.80. The van der Waals surface area contributed by atoms with Crippen LogP contribution in [-0.4, -0.2) is 38.7 Å². The lowest BCUT2D eigenvalue weighted by atomic mass is 9.79. The zero-order chi connectivity index (χ0) is 20.8. The van der Waals surface area contributed by atoms with Crippen molar-refractivity contribution in [2.75, 3.05) is 4.90 Å². The molecule has 0 saturated carbocycles. The Labute approximate surface area is 168 Å². The van der Waals surface area contributed by atoms with Crippen molar-refractivity contribution >= 4 is 23.2 Å². The molecule has 2 rings (SSSR count). The zero-order valence-corrected chi connectivity index (χ0v) is 18.6. The van der Waals surface area contributed by atoms with Gasteiger partial charge in [0.25, 0.3) is 5.91 Å². The number of aliphatic hydroxyl groups is 1. The van der Waals surface area contributed by atoms with E-state index in [4.69, 9.17) is 16.3 Å². The quantitative estimate of drug-likeness (QED) is 0.735. The molecule has 1 heterocycles. The van der Waals surface area contributed by atoms with Crippen LogP contribution in [0.1, 0.15) is 67.4 Å². The average molecular weight is 396 g/mol. The number of morpholine rings is 1. The Morgan fingerprint density at radius 2 is 1.63 bits per heavy atom. The Balaban J connectivity index is 2.25. The van der Waals surface area contributed by atoms with Gasteiger partial charge in [-0.25, -0.2) is 0 Å². The first-order valence-electron chi connectivity index (χ1n) is 9.60. The second kappa shape index (κ2) is 7.06. The van der Waals surface area contributed by atoms with Crippen LogP contribution in [0.3, 0.4) is 0 Å². The molecule has 1 amide bonds. The second-order valence-electron chi connectivity index (χ2n) is 9.61. The average Bonchev–Trinajstić information content (AvgIpc) is 2.50. The molecule has 0 unspecified atom stereocenters. The SMILES string of the molecule is CC1(C)OC(C)(C)C(C)(C)N(c2ccc(CC[C@@H](O)C(C)(C)Cl)cc2)C1=O. The van der Waals surface area contributed by atoms with Crippen LogP contribution in [0, 0.1) is 0 Å². The molecule has 1 aliphatic rings. The molecule has 1 atom stereocenters. The number of rotatable bonds is 5. The highest BCUT2D eigenvalue weighted by Crippen LogP contribution is 2.43. The largest absolute Gasteiger partial charge is 0.391 e. The molecule has 1 saturated heterocycles. The number of alkyl halides is 1. The van der Waals surface area contributed by atoms with Gasteiger partial charge in [-0.1, -0.05) is 12.1 Å². The van der Waals surface area contributed by atoms with E-state index in [1.165, 1.54) is 0 Å². The van der Waals surface area contributed by atoms with Gasteiger partial charge in [0.1, 0.15) is 5.60 Å². The number of anilines is 1. The van der Waals surface area contributed by atoms with Gasteiger partial charge in [-0.15, -0.1) is 11.6 Å². The van der Waals surface area contributed by atoms with Crippen LogP contribution < -0.4 is 4.90 Å². The minimum absolute atomic E-state index is 0.0427. The fourth-order valence-electron chi connectivity index (χ4n) is 3.50. The van der Waals surface area contributed by atoms with E-state index in [-0.39, 0.29) is 5.91 Å². The lowest BCUT2D eigenvalue weighted by Gasteiger charge is -2.57. The summed E-state index contributed by atoms with van der Waals surface area (Å²) in [4.78, 5) is 14.3. The number of halogens is 1. The van der Waals surface area contributed by atoms with Crippen molar-refractivity contribution in [3.8, 4) is 0 Å². The van der Waals surface area contributed by atoms with Crippen molar-refractivity contribution in [3.05, 3.63) is 29.8 Å². The van der Waals surface area contributed by atoms with Crippen molar-refractivity contribution in [1.82, 2.24) is 0 Å². The summed E-state index contributed by atoms with van der Waals surface area (Å²) in [5.74, 6) is -0.0427. The summed E-state index contributed by atoms with van der Waals surface area (Å²) in [5, 5.41) is 10.1. The summed E-state index contributed by atoms with van der Waals surface area (Å²) >= 11 is 6.17. The molecule has 0 bridgehead atoms. The van der Waals surface area contributed by atoms with Gasteiger partial charge in [0, 0.05) is 5.69 Å². The third-order valence-electron chi connectivity index (χ3n) is 5.95. The molecule has 4 nitrogen and oxygen atoms in total. The number of aryl methyl sites for hydroxylation is 1. The predicted octanol–water partition coefficient (Wildman–Crippen LogP) is 4.70. The van der Waals surface area contributed by atoms with Crippen molar-refractivity contribution in [1.29, 1.82) is 0 Å². The molecule has 1 aromatic rings. The molecule has 1 aliphatic heterocycles.